The van der Waals surface area contributed by atoms with Gasteiger partial charge in [0.25, 0.3) is 0 Å². The van der Waals surface area contributed by atoms with Crippen LogP contribution in [0.1, 0.15) is 69.1 Å². The Morgan fingerprint density at radius 2 is 1.63 bits per heavy atom. The van der Waals surface area contributed by atoms with Crippen LogP contribution in [0.4, 0.5) is 0 Å². The molecule has 0 N–H and O–H groups in total. The number of aromatic nitrogens is 1. The molecule has 1 aliphatic rings. The van der Waals surface area contributed by atoms with E-state index in [-0.39, 0.29) is 0 Å². The normalized spacial score (nSPS) is 14.9. The SMILES string of the molecule is Cc1c(-c2c3ccc([Si](C)(C)C4CC4)cc3cc[n+]2C)cc(C(C)C)cc1C(C)C. The van der Waals surface area contributed by atoms with Crippen LogP contribution < -0.4 is 9.75 Å². The largest absolute Gasteiger partial charge is 0.220 e. The van der Waals surface area contributed by atoms with Gasteiger partial charge in [0.1, 0.15) is 7.05 Å². The molecule has 0 radical (unpaired) electrons. The highest BCUT2D eigenvalue weighted by Gasteiger charge is 2.40. The Labute approximate surface area is 184 Å². The summed E-state index contributed by atoms with van der Waals surface area (Å²) >= 11 is 0. The molecule has 0 aliphatic heterocycles. The van der Waals surface area contributed by atoms with Crippen molar-refractivity contribution >= 4 is 24.0 Å². The topological polar surface area (TPSA) is 3.88 Å². The molecule has 1 fully saturated rings. The van der Waals surface area contributed by atoms with Crippen LogP contribution in [-0.4, -0.2) is 8.07 Å². The minimum Gasteiger partial charge on any atom is -0.200 e. The Kier molecular flexibility index (Phi) is 5.42. The zero-order chi connectivity index (χ0) is 21.8. The lowest BCUT2D eigenvalue weighted by atomic mass is 9.86. The van der Waals surface area contributed by atoms with Crippen LogP contribution in [0, 0.1) is 6.92 Å². The summed E-state index contributed by atoms with van der Waals surface area (Å²) < 4.78 is 2.32. The van der Waals surface area contributed by atoms with E-state index < -0.39 is 8.07 Å². The molecule has 0 saturated heterocycles. The molecule has 1 heterocycles. The maximum Gasteiger partial charge on any atom is 0.220 e. The molecule has 2 heteroatoms. The van der Waals surface area contributed by atoms with Crippen LogP contribution in [-0.2, 0) is 7.05 Å². The fourth-order valence-electron chi connectivity index (χ4n) is 5.09. The second-order valence-electron chi connectivity index (χ2n) is 10.7. The van der Waals surface area contributed by atoms with Crippen LogP contribution in [0.5, 0.6) is 0 Å². The van der Waals surface area contributed by atoms with E-state index in [0.717, 1.165) is 5.54 Å². The molecular weight excluding hydrogens is 378 g/mol. The number of pyridine rings is 1. The van der Waals surface area contributed by atoms with Crippen molar-refractivity contribution in [2.45, 2.75) is 77.9 Å². The van der Waals surface area contributed by atoms with Gasteiger partial charge in [0.2, 0.25) is 5.69 Å². The van der Waals surface area contributed by atoms with Crippen molar-refractivity contribution in [1.29, 1.82) is 0 Å². The van der Waals surface area contributed by atoms with Gasteiger partial charge in [0.15, 0.2) is 6.20 Å². The van der Waals surface area contributed by atoms with E-state index in [1.165, 1.54) is 51.6 Å². The molecule has 0 unspecified atom stereocenters. The van der Waals surface area contributed by atoms with E-state index in [1.54, 1.807) is 5.19 Å². The monoisotopic (exact) mass is 416 g/mol. The molecule has 1 aliphatic carbocycles. The predicted octanol–water partition coefficient (Wildman–Crippen LogP) is 6.97. The zero-order valence-corrected chi connectivity index (χ0v) is 21.1. The van der Waals surface area contributed by atoms with Gasteiger partial charge in [-0.15, -0.1) is 0 Å². The van der Waals surface area contributed by atoms with Crippen LogP contribution in [0.25, 0.3) is 22.0 Å². The third-order valence-electron chi connectivity index (χ3n) is 7.49. The molecule has 0 spiro atoms. The Morgan fingerprint density at radius 3 is 2.23 bits per heavy atom. The van der Waals surface area contributed by atoms with Crippen molar-refractivity contribution in [2.24, 2.45) is 7.05 Å². The minimum absolute atomic E-state index is 0.527. The summed E-state index contributed by atoms with van der Waals surface area (Å²) in [5, 5.41) is 4.39. The number of fused-ring (bicyclic) bond motifs is 1. The van der Waals surface area contributed by atoms with Crippen molar-refractivity contribution in [3.05, 3.63) is 59.3 Å². The first-order valence-electron chi connectivity index (χ1n) is 11.7. The van der Waals surface area contributed by atoms with Crippen molar-refractivity contribution in [3.63, 3.8) is 0 Å². The molecule has 158 valence electrons. The smallest absolute Gasteiger partial charge is 0.200 e. The fourth-order valence-corrected chi connectivity index (χ4v) is 8.21. The number of benzene rings is 2. The Morgan fingerprint density at radius 1 is 0.933 bits per heavy atom. The highest BCUT2D eigenvalue weighted by molar-refractivity contribution is 6.91. The zero-order valence-electron chi connectivity index (χ0n) is 20.1. The summed E-state index contributed by atoms with van der Waals surface area (Å²) in [4.78, 5) is 0. The number of hydrogen-bond donors (Lipinski definition) is 0. The van der Waals surface area contributed by atoms with Crippen LogP contribution in [0.2, 0.25) is 18.6 Å². The highest BCUT2D eigenvalue weighted by Crippen LogP contribution is 2.45. The lowest BCUT2D eigenvalue weighted by Gasteiger charge is -2.23. The first kappa shape index (κ1) is 21.3. The van der Waals surface area contributed by atoms with E-state index in [2.05, 4.69) is 102 Å². The molecule has 0 amide bonds. The molecule has 1 saturated carbocycles. The van der Waals surface area contributed by atoms with Gasteiger partial charge in [-0.05, 0) is 58.5 Å². The molecule has 0 bridgehead atoms. The summed E-state index contributed by atoms with van der Waals surface area (Å²) in [5.74, 6) is 1.05. The van der Waals surface area contributed by atoms with Gasteiger partial charge >= 0.3 is 0 Å². The Bertz CT molecular complexity index is 1100. The molecule has 2 aromatic carbocycles. The average Bonchev–Trinajstić information content (AvgIpc) is 3.53. The molecule has 0 atom stereocenters. The van der Waals surface area contributed by atoms with Crippen molar-refractivity contribution in [1.82, 2.24) is 0 Å². The first-order chi connectivity index (χ1) is 14.1. The van der Waals surface area contributed by atoms with Crippen molar-refractivity contribution in [3.8, 4) is 11.3 Å². The molecule has 4 rings (SSSR count). The molecule has 1 aromatic heterocycles. The Hall–Kier alpha value is -1.93. The van der Waals surface area contributed by atoms with Gasteiger partial charge in [0.05, 0.1) is 19.0 Å². The van der Waals surface area contributed by atoms with Crippen LogP contribution in [0.15, 0.2) is 42.6 Å². The van der Waals surface area contributed by atoms with Crippen molar-refractivity contribution < 1.29 is 4.57 Å². The van der Waals surface area contributed by atoms with Gasteiger partial charge in [-0.2, -0.15) is 0 Å². The summed E-state index contributed by atoms with van der Waals surface area (Å²) in [6.45, 7) is 16.7. The van der Waals surface area contributed by atoms with Crippen molar-refractivity contribution in [2.75, 3.05) is 0 Å². The second kappa shape index (κ2) is 7.64. The number of hydrogen-bond acceptors (Lipinski definition) is 0. The summed E-state index contributed by atoms with van der Waals surface area (Å²) in [5.41, 5.74) is 8.07. The summed E-state index contributed by atoms with van der Waals surface area (Å²) in [7, 11) is 0.858. The maximum absolute atomic E-state index is 2.56. The lowest BCUT2D eigenvalue weighted by Crippen LogP contribution is -2.41. The van der Waals surface area contributed by atoms with Gasteiger partial charge < -0.3 is 0 Å². The lowest BCUT2D eigenvalue weighted by molar-refractivity contribution is -0.659. The standard InChI is InChI=1S/C28H38NSi/c1-18(2)22-16-26(19(3)4)20(5)27(17-22)28-25-12-11-24(30(7,8)23-9-10-23)15-21(25)13-14-29(28)6/h11-19,23H,9-10H2,1-8H3/q+1. The third-order valence-corrected chi connectivity index (χ3v) is 11.9. The number of aryl methyl sites for hydroxylation is 1. The van der Waals surface area contributed by atoms with Gasteiger partial charge in [0, 0.05) is 6.07 Å². The minimum atomic E-state index is -1.34. The third kappa shape index (κ3) is 3.64. The highest BCUT2D eigenvalue weighted by atomic mass is 28.3. The number of nitrogens with zero attached hydrogens (tertiary/aromatic N) is 1. The van der Waals surface area contributed by atoms with Gasteiger partial charge in [-0.1, -0.05) is 77.0 Å². The Balaban J connectivity index is 1.96. The van der Waals surface area contributed by atoms with Gasteiger partial charge in [-0.25, -0.2) is 4.57 Å². The van der Waals surface area contributed by atoms with E-state index in [4.69, 9.17) is 0 Å². The van der Waals surface area contributed by atoms with Crippen LogP contribution in [0.3, 0.4) is 0 Å². The second-order valence-corrected chi connectivity index (χ2v) is 15.5. The van der Waals surface area contributed by atoms with Gasteiger partial charge in [-0.3, -0.25) is 0 Å². The van der Waals surface area contributed by atoms with Crippen LogP contribution >= 0.6 is 0 Å². The quantitative estimate of drug-likeness (QED) is 0.312. The van der Waals surface area contributed by atoms with E-state index in [9.17, 15) is 0 Å². The summed E-state index contributed by atoms with van der Waals surface area (Å²) in [6, 6.07) is 14.5. The fraction of sp³-hybridized carbons (Fsp3) is 0.464. The summed E-state index contributed by atoms with van der Waals surface area (Å²) in [6.07, 6.45) is 5.13. The van der Waals surface area contributed by atoms with E-state index in [0.29, 0.717) is 11.8 Å². The average molecular weight is 417 g/mol. The van der Waals surface area contributed by atoms with E-state index >= 15 is 0 Å². The molecule has 1 nitrogen and oxygen atoms in total. The van der Waals surface area contributed by atoms with E-state index in [1.807, 2.05) is 0 Å². The molecule has 30 heavy (non-hydrogen) atoms. The number of rotatable bonds is 5. The first-order valence-corrected chi connectivity index (χ1v) is 14.8. The molecule has 3 aromatic rings. The predicted molar refractivity (Wildman–Crippen MR) is 134 cm³/mol. The molecular formula is C28H38NSi+. The maximum atomic E-state index is 2.56.